The van der Waals surface area contributed by atoms with Gasteiger partial charge in [0.05, 0.1) is 17.6 Å². The van der Waals surface area contributed by atoms with Crippen molar-refractivity contribution in [2.75, 3.05) is 23.0 Å². The molecule has 0 aromatic carbocycles. The fourth-order valence-electron chi connectivity index (χ4n) is 2.17. The van der Waals surface area contributed by atoms with E-state index in [0.717, 1.165) is 17.9 Å². The Kier molecular flexibility index (Phi) is 2.59. The monoisotopic (exact) mass is 222 g/mol. The molecule has 0 radical (unpaired) electrons. The van der Waals surface area contributed by atoms with Gasteiger partial charge in [0, 0.05) is 5.75 Å². The highest BCUT2D eigenvalue weighted by Gasteiger charge is 2.39. The lowest BCUT2D eigenvalue weighted by Crippen LogP contribution is -2.27. The van der Waals surface area contributed by atoms with Gasteiger partial charge in [-0.25, -0.2) is 8.42 Å². The van der Waals surface area contributed by atoms with Crippen molar-refractivity contribution in [3.8, 4) is 0 Å². The molecule has 0 saturated carbocycles. The second-order valence-corrected chi connectivity index (χ2v) is 7.24. The third-order valence-corrected chi connectivity index (χ3v) is 5.96. The molecule has 2 rings (SSSR count). The van der Waals surface area contributed by atoms with Crippen LogP contribution in [0.3, 0.4) is 0 Å². The summed E-state index contributed by atoms with van der Waals surface area (Å²) in [5.74, 6) is 2.78. The van der Waals surface area contributed by atoms with Gasteiger partial charge in [-0.1, -0.05) is 0 Å². The average Bonchev–Trinajstić information content (AvgIpc) is 2.56. The van der Waals surface area contributed by atoms with Gasteiger partial charge in [-0.3, -0.25) is 0 Å². The van der Waals surface area contributed by atoms with E-state index >= 15 is 0 Å². The molecule has 13 heavy (non-hydrogen) atoms. The van der Waals surface area contributed by atoms with Gasteiger partial charge in [0.25, 0.3) is 0 Å². The second-order valence-electron chi connectivity index (χ2n) is 3.93. The van der Waals surface area contributed by atoms with Gasteiger partial charge in [-0.15, -0.1) is 0 Å². The fraction of sp³-hybridized carbons (Fsp3) is 1.00. The molecule has 2 fully saturated rings. The molecule has 2 aliphatic rings. The van der Waals surface area contributed by atoms with Gasteiger partial charge in [-0.05, 0) is 24.0 Å². The number of rotatable bonds is 1. The Bertz CT molecular complexity index is 286. The summed E-state index contributed by atoms with van der Waals surface area (Å²) < 4.78 is 22.4. The predicted octanol–water partition coefficient (Wildman–Crippen LogP) is 0.145. The molecule has 0 aromatic heterocycles. The van der Waals surface area contributed by atoms with Gasteiger partial charge < -0.3 is 5.11 Å². The molecular weight excluding hydrogens is 208 g/mol. The standard InChI is InChI=1S/C8H14O3S2/c9-8-4-12-3-7(8)6-1-2-13(10,11)5-6/h6-9H,1-5H2. The van der Waals surface area contributed by atoms with Gasteiger partial charge in [0.15, 0.2) is 9.84 Å². The molecule has 0 aliphatic carbocycles. The van der Waals surface area contributed by atoms with E-state index in [-0.39, 0.29) is 17.9 Å². The summed E-state index contributed by atoms with van der Waals surface area (Å²) in [6.45, 7) is 0. The lowest BCUT2D eigenvalue weighted by molar-refractivity contribution is 0.121. The van der Waals surface area contributed by atoms with Crippen molar-refractivity contribution in [1.82, 2.24) is 0 Å². The van der Waals surface area contributed by atoms with Crippen LogP contribution in [0.25, 0.3) is 0 Å². The zero-order chi connectivity index (χ0) is 9.47. The van der Waals surface area contributed by atoms with Crippen LogP contribution in [-0.2, 0) is 9.84 Å². The molecule has 2 heterocycles. The van der Waals surface area contributed by atoms with E-state index in [9.17, 15) is 13.5 Å². The first-order valence-electron chi connectivity index (χ1n) is 4.55. The van der Waals surface area contributed by atoms with E-state index in [1.165, 1.54) is 0 Å². The minimum Gasteiger partial charge on any atom is -0.392 e. The highest BCUT2D eigenvalue weighted by atomic mass is 32.2. The van der Waals surface area contributed by atoms with Crippen molar-refractivity contribution in [2.24, 2.45) is 11.8 Å². The lowest BCUT2D eigenvalue weighted by Gasteiger charge is -2.19. The van der Waals surface area contributed by atoms with E-state index in [2.05, 4.69) is 0 Å². The quantitative estimate of drug-likeness (QED) is 0.686. The highest BCUT2D eigenvalue weighted by molar-refractivity contribution is 7.99. The van der Waals surface area contributed by atoms with Gasteiger partial charge in [0.2, 0.25) is 0 Å². The Morgan fingerprint density at radius 3 is 2.54 bits per heavy atom. The number of thioether (sulfide) groups is 1. The van der Waals surface area contributed by atoms with Crippen LogP contribution < -0.4 is 0 Å². The van der Waals surface area contributed by atoms with Crippen molar-refractivity contribution in [2.45, 2.75) is 12.5 Å². The molecule has 5 heteroatoms. The normalized spacial score (nSPS) is 43.9. The molecule has 0 aromatic rings. The summed E-state index contributed by atoms with van der Waals surface area (Å²) in [6, 6.07) is 0. The minimum atomic E-state index is -2.78. The number of hydrogen-bond donors (Lipinski definition) is 1. The van der Waals surface area contributed by atoms with Crippen LogP contribution in [0.4, 0.5) is 0 Å². The smallest absolute Gasteiger partial charge is 0.150 e. The third-order valence-electron chi connectivity index (χ3n) is 2.97. The molecule has 3 unspecified atom stereocenters. The second kappa shape index (κ2) is 3.44. The molecular formula is C8H14O3S2. The van der Waals surface area contributed by atoms with Crippen LogP contribution in [0.1, 0.15) is 6.42 Å². The number of hydrogen-bond acceptors (Lipinski definition) is 4. The summed E-state index contributed by atoms with van der Waals surface area (Å²) in [4.78, 5) is 0. The fourth-order valence-corrected chi connectivity index (χ4v) is 5.46. The van der Waals surface area contributed by atoms with Crippen molar-refractivity contribution < 1.29 is 13.5 Å². The SMILES string of the molecule is O=S1(=O)CCC(C2CSCC2O)C1. The highest BCUT2D eigenvalue weighted by Crippen LogP contribution is 2.35. The minimum absolute atomic E-state index is 0.218. The number of aliphatic hydroxyl groups is 1. The zero-order valence-corrected chi connectivity index (χ0v) is 8.98. The van der Waals surface area contributed by atoms with Crippen molar-refractivity contribution in [3.63, 3.8) is 0 Å². The Labute approximate surface area is 82.8 Å². The van der Waals surface area contributed by atoms with Gasteiger partial charge >= 0.3 is 0 Å². The predicted molar refractivity (Wildman–Crippen MR) is 53.6 cm³/mol. The summed E-state index contributed by atoms with van der Waals surface area (Å²) in [6.07, 6.45) is 0.480. The Morgan fingerprint density at radius 2 is 2.08 bits per heavy atom. The van der Waals surface area contributed by atoms with Gasteiger partial charge in [0.1, 0.15) is 0 Å². The third kappa shape index (κ3) is 2.02. The maximum atomic E-state index is 11.2. The molecule has 2 aliphatic heterocycles. The summed E-state index contributed by atoms with van der Waals surface area (Å²) in [5.41, 5.74) is 0. The Balaban J connectivity index is 2.03. The molecule has 1 N–H and O–H groups in total. The van der Waals surface area contributed by atoms with E-state index < -0.39 is 9.84 Å². The van der Waals surface area contributed by atoms with Crippen LogP contribution in [0.15, 0.2) is 0 Å². The maximum Gasteiger partial charge on any atom is 0.150 e. The molecule has 3 atom stereocenters. The summed E-state index contributed by atoms with van der Waals surface area (Å²) in [5, 5.41) is 9.60. The largest absolute Gasteiger partial charge is 0.392 e. The van der Waals surface area contributed by atoms with E-state index in [4.69, 9.17) is 0 Å². The van der Waals surface area contributed by atoms with Crippen LogP contribution in [0.5, 0.6) is 0 Å². The first-order chi connectivity index (χ1) is 6.08. The number of sulfone groups is 1. The van der Waals surface area contributed by atoms with E-state index in [0.29, 0.717) is 11.5 Å². The maximum absolute atomic E-state index is 11.2. The Hall–Kier alpha value is 0.260. The van der Waals surface area contributed by atoms with E-state index in [1.54, 1.807) is 11.8 Å². The van der Waals surface area contributed by atoms with Crippen LogP contribution in [0, 0.1) is 11.8 Å². The van der Waals surface area contributed by atoms with Crippen LogP contribution in [0.2, 0.25) is 0 Å². The zero-order valence-electron chi connectivity index (χ0n) is 7.35. The number of aliphatic hydroxyl groups excluding tert-OH is 1. The first-order valence-corrected chi connectivity index (χ1v) is 7.52. The average molecular weight is 222 g/mol. The van der Waals surface area contributed by atoms with Crippen molar-refractivity contribution in [1.29, 1.82) is 0 Å². The van der Waals surface area contributed by atoms with Crippen LogP contribution >= 0.6 is 11.8 Å². The van der Waals surface area contributed by atoms with E-state index in [1.807, 2.05) is 0 Å². The lowest BCUT2D eigenvalue weighted by atomic mass is 9.90. The molecule has 2 saturated heterocycles. The van der Waals surface area contributed by atoms with Crippen molar-refractivity contribution >= 4 is 21.6 Å². The summed E-state index contributed by atoms with van der Waals surface area (Å²) in [7, 11) is -2.78. The molecule has 0 bridgehead atoms. The molecule has 3 nitrogen and oxygen atoms in total. The molecule has 76 valence electrons. The molecule has 0 spiro atoms. The Morgan fingerprint density at radius 1 is 1.31 bits per heavy atom. The summed E-state index contributed by atoms with van der Waals surface area (Å²) >= 11 is 1.73. The van der Waals surface area contributed by atoms with Gasteiger partial charge in [-0.2, -0.15) is 11.8 Å². The van der Waals surface area contributed by atoms with Crippen molar-refractivity contribution in [3.05, 3.63) is 0 Å². The first kappa shape index (κ1) is 9.80. The molecule has 0 amide bonds. The topological polar surface area (TPSA) is 54.4 Å². The van der Waals surface area contributed by atoms with Crippen LogP contribution in [-0.4, -0.2) is 42.6 Å².